The summed E-state index contributed by atoms with van der Waals surface area (Å²) in [5.41, 5.74) is 7.10. The van der Waals surface area contributed by atoms with Gasteiger partial charge >= 0.3 is 0 Å². The minimum atomic E-state index is -0.736. The molecule has 1 aliphatic carbocycles. The van der Waals surface area contributed by atoms with E-state index in [1.165, 1.54) is 22.1 Å². The molecule has 7 rings (SSSR count). The van der Waals surface area contributed by atoms with E-state index in [0.29, 0.717) is 5.75 Å². The molecule has 0 aromatic heterocycles. The van der Waals surface area contributed by atoms with E-state index in [-0.39, 0.29) is 5.41 Å². The molecule has 174 valence electrons. The van der Waals surface area contributed by atoms with E-state index in [9.17, 15) is 5.11 Å². The van der Waals surface area contributed by atoms with E-state index < -0.39 is 5.60 Å². The van der Waals surface area contributed by atoms with E-state index >= 15 is 0 Å². The highest BCUT2D eigenvalue weighted by Gasteiger charge is 2.44. The van der Waals surface area contributed by atoms with Gasteiger partial charge in [0.15, 0.2) is 5.60 Å². The highest BCUT2D eigenvalue weighted by molar-refractivity contribution is 6.08. The summed E-state index contributed by atoms with van der Waals surface area (Å²) in [6.45, 7) is 4.49. The minimum absolute atomic E-state index is 0.287. The molecule has 0 saturated heterocycles. The lowest BCUT2D eigenvalue weighted by Gasteiger charge is -2.38. The third-order valence-corrected chi connectivity index (χ3v) is 7.93. The first-order chi connectivity index (χ1) is 17.5. The van der Waals surface area contributed by atoms with Crippen molar-refractivity contribution in [3.05, 3.63) is 137 Å². The molecule has 36 heavy (non-hydrogen) atoms. The second-order valence-corrected chi connectivity index (χ2v) is 10.3. The van der Waals surface area contributed by atoms with Crippen LogP contribution < -0.4 is 4.74 Å². The average Bonchev–Trinajstić information content (AvgIpc) is 3.16. The van der Waals surface area contributed by atoms with Gasteiger partial charge in [0.25, 0.3) is 0 Å². The summed E-state index contributed by atoms with van der Waals surface area (Å²) < 4.78 is 7.21. The standard InChI is InChI=1S/C34H26O2/c1-33(2)29-21-24(35)17-18-27(29)30-25-15-9-10-16-26(25)32-28(31(30)33)19-20-34(36-32,22-11-5-3-6-12-22)23-13-7-4-8-14-23/h3-21,35H,1-2H3. The van der Waals surface area contributed by atoms with Crippen molar-refractivity contribution in [3.63, 3.8) is 0 Å². The second kappa shape index (κ2) is 7.35. The lowest BCUT2D eigenvalue weighted by atomic mass is 9.77. The van der Waals surface area contributed by atoms with Crippen LogP contribution >= 0.6 is 0 Å². The molecule has 0 fully saturated rings. The number of ether oxygens (including phenoxy) is 1. The van der Waals surface area contributed by atoms with Gasteiger partial charge in [0, 0.05) is 27.5 Å². The van der Waals surface area contributed by atoms with Gasteiger partial charge in [-0.25, -0.2) is 0 Å². The van der Waals surface area contributed by atoms with Crippen molar-refractivity contribution < 1.29 is 9.84 Å². The SMILES string of the molecule is CC1(C)c2cc(O)ccc2-c2c1c1c(c3ccccc23)OC(c2ccccc2)(c2ccccc2)C=C1. The second-order valence-electron chi connectivity index (χ2n) is 10.3. The maximum atomic E-state index is 10.3. The Labute approximate surface area is 211 Å². The number of fused-ring (bicyclic) bond motifs is 8. The van der Waals surface area contributed by atoms with Crippen LogP contribution in [0.4, 0.5) is 0 Å². The zero-order chi connectivity index (χ0) is 24.5. The van der Waals surface area contributed by atoms with Gasteiger partial charge in [0.05, 0.1) is 0 Å². The number of rotatable bonds is 2. The summed E-state index contributed by atoms with van der Waals surface area (Å²) in [5.74, 6) is 1.21. The van der Waals surface area contributed by atoms with Crippen LogP contribution in [-0.2, 0) is 11.0 Å². The largest absolute Gasteiger partial charge is 0.508 e. The third kappa shape index (κ3) is 2.73. The fraction of sp³-hybridized carbons (Fsp3) is 0.118. The smallest absolute Gasteiger partial charge is 0.178 e. The van der Waals surface area contributed by atoms with Gasteiger partial charge in [-0.15, -0.1) is 0 Å². The van der Waals surface area contributed by atoms with Gasteiger partial charge in [-0.1, -0.05) is 111 Å². The summed E-state index contributed by atoms with van der Waals surface area (Å²) >= 11 is 0. The normalized spacial score (nSPS) is 16.2. The predicted molar refractivity (Wildman–Crippen MR) is 147 cm³/mol. The predicted octanol–water partition coefficient (Wildman–Crippen LogP) is 8.20. The monoisotopic (exact) mass is 466 g/mol. The van der Waals surface area contributed by atoms with Gasteiger partial charge in [-0.05, 0) is 45.8 Å². The Morgan fingerprint density at radius 2 is 1.31 bits per heavy atom. The fourth-order valence-corrected chi connectivity index (χ4v) is 6.27. The van der Waals surface area contributed by atoms with Crippen molar-refractivity contribution in [1.82, 2.24) is 0 Å². The molecule has 1 heterocycles. The minimum Gasteiger partial charge on any atom is -0.508 e. The van der Waals surface area contributed by atoms with Crippen molar-refractivity contribution in [1.29, 1.82) is 0 Å². The van der Waals surface area contributed by atoms with E-state index in [0.717, 1.165) is 33.4 Å². The number of hydrogen-bond acceptors (Lipinski definition) is 2. The van der Waals surface area contributed by atoms with Crippen molar-refractivity contribution in [2.24, 2.45) is 0 Å². The molecular formula is C34H26O2. The number of benzene rings is 5. The summed E-state index contributed by atoms with van der Waals surface area (Å²) in [5, 5.41) is 12.6. The first-order valence-corrected chi connectivity index (χ1v) is 12.4. The maximum Gasteiger partial charge on any atom is 0.178 e. The van der Waals surface area contributed by atoms with Crippen LogP contribution in [0.5, 0.6) is 11.5 Å². The van der Waals surface area contributed by atoms with Gasteiger partial charge in [-0.2, -0.15) is 0 Å². The van der Waals surface area contributed by atoms with Crippen LogP contribution in [0, 0.1) is 0 Å². The number of hydrogen-bond donors (Lipinski definition) is 1. The molecule has 5 aromatic carbocycles. The molecule has 1 N–H and O–H groups in total. The van der Waals surface area contributed by atoms with Crippen LogP contribution in [0.25, 0.3) is 28.0 Å². The number of phenolic OH excluding ortho intramolecular Hbond substituents is 1. The first-order valence-electron chi connectivity index (χ1n) is 12.4. The summed E-state index contributed by atoms with van der Waals surface area (Å²) in [4.78, 5) is 0. The van der Waals surface area contributed by atoms with Crippen molar-refractivity contribution in [2.45, 2.75) is 24.9 Å². The molecule has 0 unspecified atom stereocenters. The van der Waals surface area contributed by atoms with Crippen LogP contribution in [0.3, 0.4) is 0 Å². The van der Waals surface area contributed by atoms with Crippen LogP contribution in [0.1, 0.15) is 41.7 Å². The summed E-state index contributed by atoms with van der Waals surface area (Å²) in [7, 11) is 0. The summed E-state index contributed by atoms with van der Waals surface area (Å²) in [6, 6.07) is 35.2. The zero-order valence-corrected chi connectivity index (χ0v) is 20.3. The molecule has 1 aliphatic heterocycles. The molecule has 2 heteroatoms. The average molecular weight is 467 g/mol. The topological polar surface area (TPSA) is 29.5 Å². The highest BCUT2D eigenvalue weighted by atomic mass is 16.5. The fourth-order valence-electron chi connectivity index (χ4n) is 6.27. The van der Waals surface area contributed by atoms with Crippen molar-refractivity contribution >= 4 is 16.8 Å². The molecular weight excluding hydrogens is 440 g/mol. The lowest BCUT2D eigenvalue weighted by Crippen LogP contribution is -2.35. The Bertz CT molecular complexity index is 1640. The van der Waals surface area contributed by atoms with E-state index in [4.69, 9.17) is 4.74 Å². The lowest BCUT2D eigenvalue weighted by molar-refractivity contribution is 0.163. The molecule has 0 saturated carbocycles. The van der Waals surface area contributed by atoms with Gasteiger partial charge in [0.1, 0.15) is 11.5 Å². The van der Waals surface area contributed by atoms with E-state index in [2.05, 4.69) is 105 Å². The highest BCUT2D eigenvalue weighted by Crippen LogP contribution is 2.58. The Balaban J connectivity index is 1.57. The number of phenols is 1. The molecule has 0 atom stereocenters. The molecule has 0 radical (unpaired) electrons. The first kappa shape index (κ1) is 21.0. The molecule has 2 nitrogen and oxygen atoms in total. The molecule has 0 spiro atoms. The Hall–Kier alpha value is -4.30. The zero-order valence-electron chi connectivity index (χ0n) is 20.3. The third-order valence-electron chi connectivity index (χ3n) is 7.93. The van der Waals surface area contributed by atoms with Crippen molar-refractivity contribution in [3.8, 4) is 22.6 Å². The molecule has 0 bridgehead atoms. The summed E-state index contributed by atoms with van der Waals surface area (Å²) in [6.07, 6.45) is 4.48. The van der Waals surface area contributed by atoms with Gasteiger partial charge in [0.2, 0.25) is 0 Å². The van der Waals surface area contributed by atoms with Crippen LogP contribution in [0.2, 0.25) is 0 Å². The molecule has 0 amide bonds. The van der Waals surface area contributed by atoms with Crippen LogP contribution in [-0.4, -0.2) is 5.11 Å². The van der Waals surface area contributed by atoms with Gasteiger partial charge < -0.3 is 9.84 Å². The maximum absolute atomic E-state index is 10.3. The van der Waals surface area contributed by atoms with E-state index in [1.807, 2.05) is 18.2 Å². The Kier molecular flexibility index (Phi) is 4.29. The number of aromatic hydroxyl groups is 1. The Morgan fingerprint density at radius 1 is 0.694 bits per heavy atom. The van der Waals surface area contributed by atoms with Crippen molar-refractivity contribution in [2.75, 3.05) is 0 Å². The quantitative estimate of drug-likeness (QED) is 0.284. The van der Waals surface area contributed by atoms with Crippen LogP contribution in [0.15, 0.2) is 109 Å². The molecule has 5 aromatic rings. The van der Waals surface area contributed by atoms with E-state index in [1.54, 1.807) is 6.07 Å². The molecule has 2 aliphatic rings. The van der Waals surface area contributed by atoms with Gasteiger partial charge in [-0.3, -0.25) is 0 Å². The Morgan fingerprint density at radius 3 is 1.97 bits per heavy atom.